The molecule has 0 radical (unpaired) electrons. The number of fused-ring (bicyclic) bond motifs is 3. The van der Waals surface area contributed by atoms with Gasteiger partial charge in [-0.2, -0.15) is 0 Å². The fourth-order valence-corrected chi connectivity index (χ4v) is 4.89. The number of amides is 4. The Morgan fingerprint density at radius 2 is 1.83 bits per heavy atom. The average Bonchev–Trinajstić information content (AvgIpc) is 3.12. The Bertz CT molecular complexity index is 1160. The van der Waals surface area contributed by atoms with E-state index in [0.717, 1.165) is 5.56 Å². The molecule has 2 aromatic carbocycles. The van der Waals surface area contributed by atoms with E-state index in [2.05, 4.69) is 10.6 Å². The maximum atomic E-state index is 13.3. The van der Waals surface area contributed by atoms with Gasteiger partial charge in [0, 0.05) is 38.0 Å². The van der Waals surface area contributed by atoms with Crippen LogP contribution in [-0.4, -0.2) is 40.7 Å². The van der Waals surface area contributed by atoms with Gasteiger partial charge in [0.25, 0.3) is 5.91 Å². The molecule has 0 saturated carbocycles. The number of anilines is 2. The number of para-hydroxylation sites is 1. The second-order valence-electron chi connectivity index (χ2n) is 9.79. The first-order valence-electron chi connectivity index (χ1n) is 12.1. The molecule has 0 aliphatic carbocycles. The second kappa shape index (κ2) is 9.90. The molecule has 2 heterocycles. The molecule has 0 bridgehead atoms. The van der Waals surface area contributed by atoms with E-state index in [1.165, 1.54) is 0 Å². The van der Waals surface area contributed by atoms with Crippen LogP contribution in [0.25, 0.3) is 0 Å². The van der Waals surface area contributed by atoms with Crippen LogP contribution in [0.4, 0.5) is 11.4 Å². The van der Waals surface area contributed by atoms with Gasteiger partial charge in [-0.3, -0.25) is 24.1 Å². The molecule has 0 aromatic heterocycles. The highest BCUT2D eigenvalue weighted by atomic mass is 16.2. The summed E-state index contributed by atoms with van der Waals surface area (Å²) in [5, 5.41) is 5.78. The maximum Gasteiger partial charge on any atom is 0.257 e. The van der Waals surface area contributed by atoms with E-state index in [9.17, 15) is 19.2 Å². The molecule has 1 unspecified atom stereocenters. The molecule has 2 aliphatic rings. The fourth-order valence-electron chi connectivity index (χ4n) is 4.89. The zero-order chi connectivity index (χ0) is 25.2. The number of rotatable bonds is 8. The highest BCUT2D eigenvalue weighted by molar-refractivity contribution is 6.10. The molecule has 2 aliphatic heterocycles. The highest BCUT2D eigenvalue weighted by Gasteiger charge is 2.52. The van der Waals surface area contributed by atoms with E-state index >= 15 is 0 Å². The number of benzene rings is 2. The molecule has 8 nitrogen and oxygen atoms in total. The summed E-state index contributed by atoms with van der Waals surface area (Å²) in [6.07, 6.45) is 1.46. The largest absolute Gasteiger partial charge is 0.352 e. The zero-order valence-electron chi connectivity index (χ0n) is 20.5. The summed E-state index contributed by atoms with van der Waals surface area (Å²) < 4.78 is 0. The molecule has 1 saturated heterocycles. The fraction of sp³-hybridized carbons (Fsp3) is 0.407. The third-order valence-corrected chi connectivity index (χ3v) is 6.60. The minimum absolute atomic E-state index is 0.0118. The number of nitrogens with one attached hydrogen (secondary N) is 2. The number of carbonyl (C=O) groups is 4. The van der Waals surface area contributed by atoms with Gasteiger partial charge in [-0.1, -0.05) is 38.1 Å². The third kappa shape index (κ3) is 5.06. The second-order valence-corrected chi connectivity index (χ2v) is 9.79. The highest BCUT2D eigenvalue weighted by Crippen LogP contribution is 2.43. The van der Waals surface area contributed by atoms with Crippen LogP contribution in [0.3, 0.4) is 0 Å². The van der Waals surface area contributed by atoms with Crippen LogP contribution in [0.15, 0.2) is 48.5 Å². The Labute approximate surface area is 205 Å². The van der Waals surface area contributed by atoms with Gasteiger partial charge in [0.15, 0.2) is 0 Å². The van der Waals surface area contributed by atoms with E-state index in [1.54, 1.807) is 28.0 Å². The van der Waals surface area contributed by atoms with Crippen molar-refractivity contribution in [3.05, 3.63) is 59.7 Å². The van der Waals surface area contributed by atoms with Gasteiger partial charge in [0.2, 0.25) is 17.7 Å². The molecular weight excluding hydrogens is 444 g/mol. The molecule has 2 N–H and O–H groups in total. The molecule has 184 valence electrons. The summed E-state index contributed by atoms with van der Waals surface area (Å²) in [6, 6.07) is 14.5. The Balaban J connectivity index is 1.37. The minimum atomic E-state index is -0.772. The summed E-state index contributed by atoms with van der Waals surface area (Å²) in [4.78, 5) is 54.0. The Morgan fingerprint density at radius 3 is 2.60 bits per heavy atom. The average molecular weight is 477 g/mol. The third-order valence-electron chi connectivity index (χ3n) is 6.60. The van der Waals surface area contributed by atoms with Gasteiger partial charge in [0.1, 0.15) is 5.66 Å². The summed E-state index contributed by atoms with van der Waals surface area (Å²) in [5.74, 6) is -0.129. The molecule has 35 heavy (non-hydrogen) atoms. The van der Waals surface area contributed by atoms with Crippen LogP contribution in [0.5, 0.6) is 0 Å². The van der Waals surface area contributed by atoms with Gasteiger partial charge < -0.3 is 15.5 Å². The van der Waals surface area contributed by atoms with Crippen LogP contribution in [-0.2, 0) is 20.9 Å². The molecule has 8 heteroatoms. The Hall–Kier alpha value is -3.68. The SMILES string of the molecule is CC(C)CC(=O)Nc1cccc(CNC(=O)CCN2C(=O)c3ccccc3N3C(=O)CCC23C)c1. The molecule has 1 fully saturated rings. The van der Waals surface area contributed by atoms with Crippen LogP contribution in [0, 0.1) is 5.92 Å². The first-order chi connectivity index (χ1) is 16.7. The molecular formula is C27H32N4O4. The first-order valence-corrected chi connectivity index (χ1v) is 12.1. The van der Waals surface area contributed by atoms with Crippen molar-refractivity contribution in [3.63, 3.8) is 0 Å². The first kappa shape index (κ1) is 24.4. The molecule has 1 atom stereocenters. The number of carbonyl (C=O) groups excluding carboxylic acids is 4. The monoisotopic (exact) mass is 476 g/mol. The number of nitrogens with zero attached hydrogens (tertiary/aromatic N) is 2. The Kier molecular flexibility index (Phi) is 6.91. The lowest BCUT2D eigenvalue weighted by Gasteiger charge is -2.48. The van der Waals surface area contributed by atoms with E-state index in [4.69, 9.17) is 0 Å². The Morgan fingerprint density at radius 1 is 1.06 bits per heavy atom. The van der Waals surface area contributed by atoms with Crippen molar-refractivity contribution in [1.29, 1.82) is 0 Å². The van der Waals surface area contributed by atoms with Crippen molar-refractivity contribution in [2.75, 3.05) is 16.8 Å². The minimum Gasteiger partial charge on any atom is -0.352 e. The van der Waals surface area contributed by atoms with Crippen LogP contribution in [0.2, 0.25) is 0 Å². The lowest BCUT2D eigenvalue weighted by atomic mass is 9.98. The normalized spacial score (nSPS) is 19.0. The summed E-state index contributed by atoms with van der Waals surface area (Å²) in [6.45, 7) is 6.40. The van der Waals surface area contributed by atoms with Crippen LogP contribution >= 0.6 is 0 Å². The lowest BCUT2D eigenvalue weighted by Crippen LogP contribution is -2.62. The van der Waals surface area contributed by atoms with Gasteiger partial charge in [-0.15, -0.1) is 0 Å². The summed E-state index contributed by atoms with van der Waals surface area (Å²) in [7, 11) is 0. The van der Waals surface area contributed by atoms with E-state index in [1.807, 2.05) is 51.1 Å². The van der Waals surface area contributed by atoms with Crippen LogP contribution in [0.1, 0.15) is 62.4 Å². The van der Waals surface area contributed by atoms with Crippen molar-refractivity contribution in [2.45, 2.75) is 58.7 Å². The lowest BCUT2D eigenvalue weighted by molar-refractivity contribution is -0.121. The quantitative estimate of drug-likeness (QED) is 0.607. The predicted octanol–water partition coefficient (Wildman–Crippen LogP) is 3.68. The predicted molar refractivity (Wildman–Crippen MR) is 134 cm³/mol. The van der Waals surface area contributed by atoms with Crippen molar-refractivity contribution >= 4 is 35.0 Å². The molecule has 2 aromatic rings. The van der Waals surface area contributed by atoms with Gasteiger partial charge in [-0.05, 0) is 49.1 Å². The molecule has 4 amide bonds. The summed E-state index contributed by atoms with van der Waals surface area (Å²) >= 11 is 0. The maximum absolute atomic E-state index is 13.3. The van der Waals surface area contributed by atoms with Gasteiger partial charge >= 0.3 is 0 Å². The van der Waals surface area contributed by atoms with Gasteiger partial charge in [-0.25, -0.2) is 0 Å². The van der Waals surface area contributed by atoms with Crippen molar-refractivity contribution < 1.29 is 19.2 Å². The standard InChI is InChI=1S/C27H32N4O4/c1-18(2)15-24(33)29-20-8-6-7-19(16-20)17-28-23(32)12-14-30-26(35)21-9-4-5-10-22(21)31-25(34)11-13-27(30,31)3/h4-10,16,18H,11-15,17H2,1-3H3,(H,28,32)(H,29,33). The van der Waals surface area contributed by atoms with E-state index in [-0.39, 0.29) is 42.5 Å². The number of hydrogen-bond acceptors (Lipinski definition) is 4. The van der Waals surface area contributed by atoms with Crippen molar-refractivity contribution in [3.8, 4) is 0 Å². The topological polar surface area (TPSA) is 98.8 Å². The van der Waals surface area contributed by atoms with Crippen molar-refractivity contribution in [2.24, 2.45) is 5.92 Å². The molecule has 4 rings (SSSR count). The number of hydrogen-bond donors (Lipinski definition) is 2. The van der Waals surface area contributed by atoms with E-state index < -0.39 is 5.66 Å². The van der Waals surface area contributed by atoms with E-state index in [0.29, 0.717) is 42.7 Å². The smallest absolute Gasteiger partial charge is 0.257 e. The van der Waals surface area contributed by atoms with Crippen molar-refractivity contribution in [1.82, 2.24) is 10.2 Å². The summed E-state index contributed by atoms with van der Waals surface area (Å²) in [5.41, 5.74) is 1.91. The van der Waals surface area contributed by atoms with Gasteiger partial charge in [0.05, 0.1) is 11.3 Å². The van der Waals surface area contributed by atoms with Crippen LogP contribution < -0.4 is 15.5 Å². The molecule has 0 spiro atoms. The zero-order valence-corrected chi connectivity index (χ0v) is 20.5.